The number of nitrogens with zero attached hydrogens (tertiary/aromatic N) is 6. The summed E-state index contributed by atoms with van der Waals surface area (Å²) in [6, 6.07) is 42.1. The van der Waals surface area contributed by atoms with Crippen molar-refractivity contribution in [1.82, 2.24) is 25.5 Å². The molecule has 4 aromatic carbocycles. The van der Waals surface area contributed by atoms with Crippen LogP contribution in [0.25, 0.3) is 28.1 Å². The Morgan fingerprint density at radius 3 is 2.32 bits per heavy atom. The van der Waals surface area contributed by atoms with E-state index in [4.69, 9.17) is 14.5 Å². The Kier molecular flexibility index (Phi) is 14.8. The number of ether oxygens (including phenoxy) is 2. The Bertz CT molecular complexity index is 2870. The third kappa shape index (κ3) is 11.3. The average Bonchev–Trinajstić information content (AvgIpc) is 3.36. The van der Waals surface area contributed by atoms with Gasteiger partial charge in [0.15, 0.2) is 5.82 Å². The van der Waals surface area contributed by atoms with Gasteiger partial charge in [-0.3, -0.25) is 14.5 Å². The van der Waals surface area contributed by atoms with E-state index in [-0.39, 0.29) is 17.2 Å². The molecule has 0 bridgehead atoms. The lowest BCUT2D eigenvalue weighted by atomic mass is 9.94. The fourth-order valence-electron chi connectivity index (χ4n) is 8.16. The summed E-state index contributed by atoms with van der Waals surface area (Å²) in [6.45, 7) is 6.79. The molecule has 12 nitrogen and oxygen atoms in total. The van der Waals surface area contributed by atoms with Gasteiger partial charge in [-0.25, -0.2) is 15.0 Å². The second-order valence-electron chi connectivity index (χ2n) is 16.2. The van der Waals surface area contributed by atoms with Gasteiger partial charge in [-0.1, -0.05) is 98.3 Å². The Balaban J connectivity index is 0.980. The Morgan fingerprint density at radius 1 is 0.788 bits per heavy atom. The molecule has 2 aliphatic rings. The van der Waals surface area contributed by atoms with Gasteiger partial charge in [-0.15, -0.1) is 0 Å². The number of morpholine rings is 1. The third-order valence-corrected chi connectivity index (χ3v) is 11.7. The zero-order valence-corrected chi connectivity index (χ0v) is 36.8. The lowest BCUT2D eigenvalue weighted by Crippen LogP contribution is -2.38. The van der Waals surface area contributed by atoms with Crippen molar-refractivity contribution < 1.29 is 19.1 Å². The van der Waals surface area contributed by atoms with Gasteiger partial charge in [0, 0.05) is 36.9 Å². The van der Waals surface area contributed by atoms with Gasteiger partial charge in [0.05, 0.1) is 36.5 Å². The SMILES string of the molecule is CCCC(NC(=O)/C(C#N)=C/c1ccc2ccc(-c3cccc(C(NC(=O)/C(C#N)=C/C4=Nc5ncccc5CC4)c4ccccc4)c3)cc2n1)c1ccc(OCCN2CCOCC2)cc1. The van der Waals surface area contributed by atoms with Crippen LogP contribution in [-0.4, -0.2) is 71.8 Å². The number of nitrogens with one attached hydrogen (secondary N) is 2. The van der Waals surface area contributed by atoms with Gasteiger partial charge in [0.1, 0.15) is 35.6 Å². The normalized spacial score (nSPS) is 15.0. The molecule has 66 heavy (non-hydrogen) atoms. The smallest absolute Gasteiger partial charge is 0.262 e. The fraction of sp³-hybridized carbons (Fsp3) is 0.241. The predicted octanol–water partition coefficient (Wildman–Crippen LogP) is 8.95. The number of hydrogen-bond acceptors (Lipinski definition) is 10. The maximum absolute atomic E-state index is 13.8. The minimum absolute atomic E-state index is 0.0417. The van der Waals surface area contributed by atoms with Gasteiger partial charge in [0.25, 0.3) is 11.8 Å². The molecule has 2 aromatic heterocycles. The topological polar surface area (TPSA) is 166 Å². The summed E-state index contributed by atoms with van der Waals surface area (Å²) in [5.41, 5.74) is 7.08. The van der Waals surface area contributed by atoms with Crippen LogP contribution < -0.4 is 15.4 Å². The number of hydrogen-bond donors (Lipinski definition) is 2. The fourth-order valence-corrected chi connectivity index (χ4v) is 8.16. The van der Waals surface area contributed by atoms with Crippen molar-refractivity contribution >= 4 is 40.3 Å². The number of aryl methyl sites for hydroxylation is 1. The monoisotopic (exact) mass is 874 g/mol. The van der Waals surface area contributed by atoms with Crippen molar-refractivity contribution in [2.24, 2.45) is 4.99 Å². The van der Waals surface area contributed by atoms with Crippen LogP contribution in [0, 0.1) is 22.7 Å². The molecule has 330 valence electrons. The molecule has 12 heteroatoms. The van der Waals surface area contributed by atoms with E-state index in [0.29, 0.717) is 42.2 Å². The summed E-state index contributed by atoms with van der Waals surface area (Å²) in [5, 5.41) is 27.4. The zero-order valence-electron chi connectivity index (χ0n) is 36.8. The van der Waals surface area contributed by atoms with Crippen molar-refractivity contribution in [3.05, 3.63) is 173 Å². The highest BCUT2D eigenvalue weighted by atomic mass is 16.5. The molecule has 8 rings (SSSR count). The quantitative estimate of drug-likeness (QED) is 0.0713. The molecule has 1 saturated heterocycles. The maximum Gasteiger partial charge on any atom is 0.262 e. The number of rotatable bonds is 16. The van der Waals surface area contributed by atoms with Crippen LogP contribution in [0.5, 0.6) is 5.75 Å². The Labute approximate surface area is 385 Å². The van der Waals surface area contributed by atoms with E-state index in [9.17, 15) is 20.1 Å². The van der Waals surface area contributed by atoms with E-state index >= 15 is 0 Å². The van der Waals surface area contributed by atoms with Gasteiger partial charge in [0.2, 0.25) is 0 Å². The number of aliphatic imine (C=N–C) groups is 1. The summed E-state index contributed by atoms with van der Waals surface area (Å²) >= 11 is 0. The van der Waals surface area contributed by atoms with Crippen LogP contribution in [0.3, 0.4) is 0 Å². The largest absolute Gasteiger partial charge is 0.492 e. The Hall–Kier alpha value is -7.77. The minimum atomic E-state index is -0.571. The maximum atomic E-state index is 13.8. The first kappa shape index (κ1) is 44.8. The summed E-state index contributed by atoms with van der Waals surface area (Å²) in [4.78, 5) is 43.6. The molecule has 2 N–H and O–H groups in total. The molecule has 2 amide bonds. The second kappa shape index (κ2) is 21.7. The summed E-state index contributed by atoms with van der Waals surface area (Å²) < 4.78 is 11.4. The van der Waals surface area contributed by atoms with E-state index < -0.39 is 17.9 Å². The molecule has 6 aromatic rings. The first-order valence-electron chi connectivity index (χ1n) is 22.3. The average molecular weight is 875 g/mol. The molecule has 1 fully saturated rings. The predicted molar refractivity (Wildman–Crippen MR) is 256 cm³/mol. The summed E-state index contributed by atoms with van der Waals surface area (Å²) in [5.74, 6) is 0.384. The van der Waals surface area contributed by atoms with Gasteiger partial charge >= 0.3 is 0 Å². The van der Waals surface area contributed by atoms with Crippen molar-refractivity contribution in [3.63, 3.8) is 0 Å². The molecule has 2 aliphatic heterocycles. The summed E-state index contributed by atoms with van der Waals surface area (Å²) in [7, 11) is 0. The standard InChI is InChI=1S/C54H50N8O4/c1-2-8-49(37-18-22-48(23-19-37)66-30-27-62-25-28-65-29-26-62)60-53(63)44(35-55)32-46-20-16-38-14-15-42(34-50(38)58-46)41-11-6-12-43(31-41)51(39-9-4-3-5-10-39)61-54(64)45(36-56)33-47-21-17-40-13-7-24-57-52(40)59-47/h3-7,9-16,18-20,22-24,31-34,49,51H,2,8,17,21,25-30H2,1H3,(H,60,63)(H,61,64)/b44-32+,45-33+. The molecule has 4 heterocycles. The zero-order chi connectivity index (χ0) is 45.7. The highest BCUT2D eigenvalue weighted by Gasteiger charge is 2.22. The van der Waals surface area contributed by atoms with Crippen LogP contribution in [0.15, 0.2) is 150 Å². The third-order valence-electron chi connectivity index (χ3n) is 11.7. The Morgan fingerprint density at radius 2 is 1.53 bits per heavy atom. The first-order chi connectivity index (χ1) is 32.4. The number of amides is 2. The number of allylic oxidation sites excluding steroid dienone is 1. The molecule has 2 atom stereocenters. The number of nitriles is 2. The van der Waals surface area contributed by atoms with Gasteiger partial charge in [-0.05, 0) is 101 Å². The van der Waals surface area contributed by atoms with E-state index in [0.717, 1.165) is 90.2 Å². The molecule has 0 radical (unpaired) electrons. The minimum Gasteiger partial charge on any atom is -0.492 e. The van der Waals surface area contributed by atoms with Crippen LogP contribution in [0.2, 0.25) is 0 Å². The summed E-state index contributed by atoms with van der Waals surface area (Å²) in [6.07, 6.45) is 7.60. The van der Waals surface area contributed by atoms with E-state index in [1.807, 2.05) is 115 Å². The van der Waals surface area contributed by atoms with E-state index in [1.165, 1.54) is 6.08 Å². The number of carbonyl (C=O) groups excluding carboxylic acids is 2. The molecule has 0 saturated carbocycles. The second-order valence-corrected chi connectivity index (χ2v) is 16.2. The van der Waals surface area contributed by atoms with E-state index in [1.54, 1.807) is 18.3 Å². The van der Waals surface area contributed by atoms with Crippen molar-refractivity contribution in [1.29, 1.82) is 10.5 Å². The van der Waals surface area contributed by atoms with Crippen LogP contribution in [0.4, 0.5) is 5.82 Å². The molecular formula is C54H50N8O4. The van der Waals surface area contributed by atoms with Crippen molar-refractivity contribution in [3.8, 4) is 29.0 Å². The van der Waals surface area contributed by atoms with Crippen molar-refractivity contribution in [2.75, 3.05) is 39.5 Å². The van der Waals surface area contributed by atoms with E-state index in [2.05, 4.69) is 44.6 Å². The van der Waals surface area contributed by atoms with Crippen LogP contribution in [0.1, 0.15) is 66.2 Å². The lowest BCUT2D eigenvalue weighted by molar-refractivity contribution is -0.118. The number of aromatic nitrogens is 2. The van der Waals surface area contributed by atoms with Crippen LogP contribution in [-0.2, 0) is 20.7 Å². The molecule has 2 unspecified atom stereocenters. The van der Waals surface area contributed by atoms with Crippen LogP contribution >= 0.6 is 0 Å². The van der Waals surface area contributed by atoms with Gasteiger partial charge < -0.3 is 20.1 Å². The highest BCUT2D eigenvalue weighted by molar-refractivity contribution is 6.07. The molecule has 0 aliphatic carbocycles. The number of carbonyl (C=O) groups is 2. The molecule has 0 spiro atoms. The first-order valence-corrected chi connectivity index (χ1v) is 22.3. The number of pyridine rings is 2. The highest BCUT2D eigenvalue weighted by Crippen LogP contribution is 2.30. The van der Waals surface area contributed by atoms with Crippen molar-refractivity contribution in [2.45, 2.75) is 44.7 Å². The van der Waals surface area contributed by atoms with Gasteiger partial charge in [-0.2, -0.15) is 10.5 Å². The number of fused-ring (bicyclic) bond motifs is 2. The number of benzene rings is 4. The molecular weight excluding hydrogens is 825 g/mol. The lowest BCUT2D eigenvalue weighted by Gasteiger charge is -2.26.